The Labute approximate surface area is 103 Å². The van der Waals surface area contributed by atoms with Gasteiger partial charge in [-0.15, -0.1) is 0 Å². The molecule has 4 heteroatoms. The second-order valence-corrected chi connectivity index (χ2v) is 4.25. The predicted octanol–water partition coefficient (Wildman–Crippen LogP) is 3.40. The van der Waals surface area contributed by atoms with Gasteiger partial charge in [-0.3, -0.25) is 0 Å². The first-order chi connectivity index (χ1) is 7.79. The lowest BCUT2D eigenvalue weighted by Crippen LogP contribution is -1.99. The van der Waals surface area contributed by atoms with Crippen LogP contribution in [0.4, 0.5) is 5.69 Å². The first kappa shape index (κ1) is 11.1. The van der Waals surface area contributed by atoms with Crippen LogP contribution in [0.25, 0.3) is 0 Å². The molecule has 1 aromatic carbocycles. The van der Waals surface area contributed by atoms with Gasteiger partial charge in [-0.25, -0.2) is 0 Å². The van der Waals surface area contributed by atoms with Crippen LogP contribution in [0, 0.1) is 0 Å². The van der Waals surface area contributed by atoms with Gasteiger partial charge in [0.25, 0.3) is 0 Å². The van der Waals surface area contributed by atoms with Crippen molar-refractivity contribution in [3.63, 3.8) is 0 Å². The van der Waals surface area contributed by atoms with Crippen LogP contribution in [0.1, 0.15) is 5.69 Å². The van der Waals surface area contributed by atoms with Crippen molar-refractivity contribution >= 4 is 21.6 Å². The van der Waals surface area contributed by atoms with E-state index < -0.39 is 0 Å². The van der Waals surface area contributed by atoms with Gasteiger partial charge >= 0.3 is 0 Å². The fourth-order valence-electron chi connectivity index (χ4n) is 1.44. The monoisotopic (exact) mass is 280 g/mol. The highest BCUT2D eigenvalue weighted by atomic mass is 79.9. The van der Waals surface area contributed by atoms with Gasteiger partial charge in [-0.1, -0.05) is 0 Å². The number of aromatic amines is 1. The van der Waals surface area contributed by atoms with E-state index in [0.29, 0.717) is 0 Å². The molecule has 2 aromatic rings. The number of hydrogen-bond donors (Lipinski definition) is 2. The minimum atomic E-state index is 0.776. The van der Waals surface area contributed by atoms with Gasteiger partial charge < -0.3 is 15.0 Å². The highest BCUT2D eigenvalue weighted by molar-refractivity contribution is 9.10. The van der Waals surface area contributed by atoms with Crippen molar-refractivity contribution in [1.82, 2.24) is 4.98 Å². The van der Waals surface area contributed by atoms with Gasteiger partial charge in [0.05, 0.1) is 18.1 Å². The summed E-state index contributed by atoms with van der Waals surface area (Å²) in [7, 11) is 1.66. The molecule has 0 saturated heterocycles. The third-order valence-electron chi connectivity index (χ3n) is 2.30. The Morgan fingerprint density at radius 2 is 2.25 bits per heavy atom. The summed E-state index contributed by atoms with van der Waals surface area (Å²) in [5.41, 5.74) is 2.19. The van der Waals surface area contributed by atoms with Crippen molar-refractivity contribution in [2.24, 2.45) is 0 Å². The van der Waals surface area contributed by atoms with Crippen LogP contribution in [0.3, 0.4) is 0 Å². The molecule has 3 nitrogen and oxygen atoms in total. The van der Waals surface area contributed by atoms with Gasteiger partial charge in [0.2, 0.25) is 0 Å². The van der Waals surface area contributed by atoms with Crippen LogP contribution in [0.2, 0.25) is 0 Å². The van der Waals surface area contributed by atoms with E-state index in [0.717, 1.165) is 28.1 Å². The second-order valence-electron chi connectivity index (χ2n) is 3.40. The molecule has 0 spiro atoms. The molecule has 84 valence electrons. The molecule has 0 aliphatic heterocycles. The number of hydrogen-bond acceptors (Lipinski definition) is 2. The fourth-order valence-corrected chi connectivity index (χ4v) is 1.85. The summed E-state index contributed by atoms with van der Waals surface area (Å²) in [6.07, 6.45) is 1.92. The number of benzene rings is 1. The van der Waals surface area contributed by atoms with Crippen LogP contribution in [-0.4, -0.2) is 12.1 Å². The number of anilines is 1. The molecule has 2 rings (SSSR count). The minimum Gasteiger partial charge on any atom is -0.495 e. The fraction of sp³-hybridized carbons (Fsp3) is 0.167. The van der Waals surface area contributed by atoms with E-state index in [1.807, 2.05) is 36.5 Å². The van der Waals surface area contributed by atoms with E-state index in [-0.39, 0.29) is 0 Å². The molecule has 0 radical (unpaired) electrons. The number of aromatic nitrogens is 1. The first-order valence-corrected chi connectivity index (χ1v) is 5.78. The van der Waals surface area contributed by atoms with Crippen LogP contribution >= 0.6 is 15.9 Å². The molecule has 16 heavy (non-hydrogen) atoms. The molecule has 1 heterocycles. The standard InChI is InChI=1S/C12H13BrN2O/c1-16-12-7-9(4-5-11(12)13)15-8-10-3-2-6-14-10/h2-7,14-15H,8H2,1H3. The normalized spacial score (nSPS) is 10.1. The molecule has 1 aromatic heterocycles. The van der Waals surface area contributed by atoms with Gasteiger partial charge in [0.15, 0.2) is 0 Å². The molecule has 0 bridgehead atoms. The first-order valence-electron chi connectivity index (χ1n) is 4.99. The number of methoxy groups -OCH3 is 1. The maximum absolute atomic E-state index is 5.23. The average Bonchev–Trinajstić information content (AvgIpc) is 2.81. The Balaban J connectivity index is 2.04. The number of nitrogens with one attached hydrogen (secondary N) is 2. The summed E-state index contributed by atoms with van der Waals surface area (Å²) in [6.45, 7) is 0.776. The van der Waals surface area contributed by atoms with Crippen molar-refractivity contribution in [3.05, 3.63) is 46.7 Å². The minimum absolute atomic E-state index is 0.776. The van der Waals surface area contributed by atoms with Crippen molar-refractivity contribution in [2.75, 3.05) is 12.4 Å². The molecule has 0 atom stereocenters. The van der Waals surface area contributed by atoms with Crippen molar-refractivity contribution < 1.29 is 4.74 Å². The van der Waals surface area contributed by atoms with Crippen molar-refractivity contribution in [3.8, 4) is 5.75 Å². The zero-order valence-corrected chi connectivity index (χ0v) is 10.5. The van der Waals surface area contributed by atoms with Gasteiger partial charge in [-0.2, -0.15) is 0 Å². The summed E-state index contributed by atoms with van der Waals surface area (Å²) in [5, 5.41) is 3.32. The van der Waals surface area contributed by atoms with Crippen LogP contribution < -0.4 is 10.1 Å². The SMILES string of the molecule is COc1cc(NCc2ccc[nH]2)ccc1Br. The maximum Gasteiger partial charge on any atom is 0.135 e. The third kappa shape index (κ3) is 2.58. The molecule has 0 amide bonds. The molecule has 2 N–H and O–H groups in total. The second kappa shape index (κ2) is 5.07. The van der Waals surface area contributed by atoms with Crippen molar-refractivity contribution in [2.45, 2.75) is 6.54 Å². The topological polar surface area (TPSA) is 37.0 Å². The summed E-state index contributed by atoms with van der Waals surface area (Å²) in [5.74, 6) is 0.830. The maximum atomic E-state index is 5.23. The molecule has 0 saturated carbocycles. The van der Waals surface area contributed by atoms with E-state index in [1.165, 1.54) is 0 Å². The van der Waals surface area contributed by atoms with E-state index in [4.69, 9.17) is 4.74 Å². The van der Waals surface area contributed by atoms with E-state index >= 15 is 0 Å². The molecule has 0 aliphatic rings. The number of halogens is 1. The van der Waals surface area contributed by atoms with Gasteiger partial charge in [0.1, 0.15) is 5.75 Å². The van der Waals surface area contributed by atoms with Crippen LogP contribution in [0.15, 0.2) is 41.0 Å². The Hall–Kier alpha value is -1.42. The Morgan fingerprint density at radius 1 is 1.38 bits per heavy atom. The summed E-state index contributed by atoms with van der Waals surface area (Å²) in [6, 6.07) is 9.97. The summed E-state index contributed by atoms with van der Waals surface area (Å²) in [4.78, 5) is 3.14. The smallest absolute Gasteiger partial charge is 0.135 e. The molecular weight excluding hydrogens is 268 g/mol. The van der Waals surface area contributed by atoms with Gasteiger partial charge in [-0.05, 0) is 40.2 Å². The number of H-pyrrole nitrogens is 1. The zero-order valence-electron chi connectivity index (χ0n) is 8.96. The molecular formula is C12H13BrN2O. The lowest BCUT2D eigenvalue weighted by atomic mass is 10.3. The molecule has 0 unspecified atom stereocenters. The van der Waals surface area contributed by atoms with E-state index in [9.17, 15) is 0 Å². The summed E-state index contributed by atoms with van der Waals surface area (Å²) >= 11 is 3.42. The van der Waals surface area contributed by atoms with E-state index in [2.05, 4.69) is 26.2 Å². The number of rotatable bonds is 4. The lowest BCUT2D eigenvalue weighted by molar-refractivity contribution is 0.412. The highest BCUT2D eigenvalue weighted by Crippen LogP contribution is 2.27. The Kier molecular flexibility index (Phi) is 3.51. The Bertz CT molecular complexity index is 454. The van der Waals surface area contributed by atoms with Gasteiger partial charge in [0, 0.05) is 23.6 Å². The highest BCUT2D eigenvalue weighted by Gasteiger charge is 2.01. The number of ether oxygens (including phenoxy) is 1. The largest absolute Gasteiger partial charge is 0.495 e. The zero-order chi connectivity index (χ0) is 11.4. The lowest BCUT2D eigenvalue weighted by Gasteiger charge is -2.08. The molecule has 0 aliphatic carbocycles. The Morgan fingerprint density at radius 3 is 2.94 bits per heavy atom. The summed E-state index contributed by atoms with van der Waals surface area (Å²) < 4.78 is 6.19. The van der Waals surface area contributed by atoms with Crippen LogP contribution in [0.5, 0.6) is 5.75 Å². The van der Waals surface area contributed by atoms with Crippen molar-refractivity contribution in [1.29, 1.82) is 0 Å². The quantitative estimate of drug-likeness (QED) is 0.901. The molecule has 0 fully saturated rings. The average molecular weight is 281 g/mol. The third-order valence-corrected chi connectivity index (χ3v) is 2.95. The van der Waals surface area contributed by atoms with Crippen LogP contribution in [-0.2, 0) is 6.54 Å². The predicted molar refractivity (Wildman–Crippen MR) is 68.8 cm³/mol. The van der Waals surface area contributed by atoms with E-state index in [1.54, 1.807) is 7.11 Å².